The smallest absolute Gasteiger partial charge is 0.264 e. The second-order valence-corrected chi connectivity index (χ2v) is 16.7. The number of aliphatic hydroxyl groups is 2. The van der Waals surface area contributed by atoms with Gasteiger partial charge in [-0.2, -0.15) is 0 Å². The van der Waals surface area contributed by atoms with Crippen molar-refractivity contribution in [3.63, 3.8) is 0 Å². The molecule has 64 heavy (non-hydrogen) atoms. The van der Waals surface area contributed by atoms with Crippen molar-refractivity contribution in [3.05, 3.63) is 197 Å². The molecular formula is C53H42N6O5. The number of fused-ring (bicyclic) bond motifs is 1. The van der Waals surface area contributed by atoms with Crippen molar-refractivity contribution in [1.82, 2.24) is 15.0 Å². The van der Waals surface area contributed by atoms with Crippen molar-refractivity contribution in [2.75, 3.05) is 21.3 Å². The Morgan fingerprint density at radius 3 is 1.97 bits per heavy atom. The lowest BCUT2D eigenvalue weighted by Gasteiger charge is -2.28. The minimum absolute atomic E-state index is 0.101. The highest BCUT2D eigenvalue weighted by molar-refractivity contribution is 6.29. The van der Waals surface area contributed by atoms with Crippen LogP contribution in [0, 0.1) is 5.92 Å². The Balaban J connectivity index is 0.909. The largest absolute Gasteiger partial charge is 0.395 e. The van der Waals surface area contributed by atoms with E-state index in [-0.39, 0.29) is 30.9 Å². The van der Waals surface area contributed by atoms with Crippen LogP contribution in [0.5, 0.6) is 0 Å². The minimum Gasteiger partial charge on any atom is -0.395 e. The lowest BCUT2D eigenvalue weighted by molar-refractivity contribution is -0.139. The Morgan fingerprint density at radius 1 is 0.688 bits per heavy atom. The number of carbonyl (C=O) groups is 3. The number of hydrogen-bond donors (Lipinski definition) is 2. The van der Waals surface area contributed by atoms with Crippen molar-refractivity contribution in [2.24, 2.45) is 5.92 Å². The van der Waals surface area contributed by atoms with Crippen LogP contribution in [0.3, 0.4) is 0 Å². The van der Waals surface area contributed by atoms with E-state index in [1.807, 2.05) is 165 Å². The molecule has 7 aromatic carbocycles. The molecule has 0 spiro atoms. The Bertz CT molecular complexity index is 3220. The van der Waals surface area contributed by atoms with Gasteiger partial charge in [0.1, 0.15) is 0 Å². The maximum atomic E-state index is 14.9. The third-order valence-electron chi connectivity index (χ3n) is 13.0. The van der Waals surface area contributed by atoms with Gasteiger partial charge in [0.05, 0.1) is 53.0 Å². The number of hydrogen-bond acceptors (Lipinski definition) is 7. The molecule has 0 bridgehead atoms. The molecule has 3 amide bonds. The number of benzene rings is 7. The first-order valence-electron chi connectivity index (χ1n) is 21.5. The maximum Gasteiger partial charge on any atom is 0.264 e. The maximum absolute atomic E-state index is 14.9. The van der Waals surface area contributed by atoms with Gasteiger partial charge in [0.25, 0.3) is 17.7 Å². The lowest BCUT2D eigenvalue weighted by Crippen LogP contribution is -2.44. The molecule has 3 aliphatic rings. The summed E-state index contributed by atoms with van der Waals surface area (Å²) in [6.07, 6.45) is 6.15. The van der Waals surface area contributed by atoms with Crippen LogP contribution in [0.25, 0.3) is 21.5 Å². The molecule has 0 saturated heterocycles. The monoisotopic (exact) mass is 842 g/mol. The molecule has 11 heteroatoms. The van der Waals surface area contributed by atoms with E-state index in [9.17, 15) is 24.6 Å². The van der Waals surface area contributed by atoms with Crippen LogP contribution in [-0.4, -0.2) is 49.5 Å². The SMILES string of the molecule is C[C@H](/C=C/CCn1cc(C(CO)c2ccccc2)nn1)[C@@]1(O)C(=O)N(Cc2cccc(N3C(=O)c4cccc5cccc3c45)c2)c2ccc(N3C(=O)c4cccc5cccc3c45)cc21. The number of allylic oxidation sites excluding steroid dienone is 1. The molecule has 0 aliphatic carbocycles. The molecule has 0 radical (unpaired) electrons. The molecule has 314 valence electrons. The lowest BCUT2D eigenvalue weighted by atomic mass is 9.82. The molecule has 8 aromatic rings. The number of amides is 3. The number of aliphatic hydroxyl groups excluding tert-OH is 1. The Morgan fingerprint density at radius 2 is 1.31 bits per heavy atom. The second kappa shape index (κ2) is 15.3. The summed E-state index contributed by atoms with van der Waals surface area (Å²) in [5.74, 6) is -1.78. The average Bonchev–Trinajstić information content (AvgIpc) is 4.05. The topological polar surface area (TPSA) is 132 Å². The quantitative estimate of drug-likeness (QED) is 0.117. The van der Waals surface area contributed by atoms with E-state index in [0.717, 1.165) is 44.0 Å². The first kappa shape index (κ1) is 39.1. The van der Waals surface area contributed by atoms with Gasteiger partial charge < -0.3 is 15.1 Å². The van der Waals surface area contributed by atoms with E-state index in [2.05, 4.69) is 10.3 Å². The fourth-order valence-electron chi connectivity index (χ4n) is 9.84. The second-order valence-electron chi connectivity index (χ2n) is 16.7. The molecule has 3 aliphatic heterocycles. The molecule has 3 atom stereocenters. The summed E-state index contributed by atoms with van der Waals surface area (Å²) in [4.78, 5) is 47.9. The Kier molecular flexibility index (Phi) is 9.33. The molecule has 0 fully saturated rings. The third-order valence-corrected chi connectivity index (χ3v) is 13.0. The summed E-state index contributed by atoms with van der Waals surface area (Å²) in [5, 5.41) is 35.4. The van der Waals surface area contributed by atoms with Gasteiger partial charge in [-0.25, -0.2) is 0 Å². The Hall–Kier alpha value is -7.73. The molecule has 1 unspecified atom stereocenters. The summed E-state index contributed by atoms with van der Waals surface area (Å²) in [6.45, 7) is 2.33. The van der Waals surface area contributed by atoms with Crippen LogP contribution in [-0.2, 0) is 23.5 Å². The fraction of sp³-hybridized carbons (Fsp3) is 0.151. The zero-order chi connectivity index (χ0) is 43.7. The summed E-state index contributed by atoms with van der Waals surface area (Å²) < 4.78 is 1.73. The minimum atomic E-state index is -1.99. The van der Waals surface area contributed by atoms with E-state index in [1.165, 1.54) is 0 Å². The van der Waals surface area contributed by atoms with Crippen molar-refractivity contribution >= 4 is 67.7 Å². The average molecular weight is 843 g/mol. The van der Waals surface area contributed by atoms with Gasteiger partial charge in [0.15, 0.2) is 5.60 Å². The van der Waals surface area contributed by atoms with E-state index in [1.54, 1.807) is 25.4 Å². The highest BCUT2D eigenvalue weighted by Crippen LogP contribution is 2.50. The fourth-order valence-corrected chi connectivity index (χ4v) is 9.84. The van der Waals surface area contributed by atoms with Crippen molar-refractivity contribution in [1.29, 1.82) is 0 Å². The predicted molar refractivity (Wildman–Crippen MR) is 247 cm³/mol. The van der Waals surface area contributed by atoms with Gasteiger partial charge in [0, 0.05) is 46.4 Å². The standard InChI is InChI=1S/C53H42N6O5/c1-33(12-5-6-27-56-31-44(54-55-56)42(32-60)35-14-3-2-4-15-35)53(64)43-29-39(59-47-24-11-19-37-17-9-22-41(49(37)47)51(59)62)25-26-45(43)57(52(53)63)30-34-13-7-20-38(28-34)58-46-23-10-18-36-16-8-21-40(48(36)46)50(58)61/h2-5,7-26,28-29,31,33,42,60,64H,6,27,30,32H2,1H3/b12-5+/t33-,42?,53+/m1/s1. The molecular weight excluding hydrogens is 801 g/mol. The first-order valence-corrected chi connectivity index (χ1v) is 21.5. The summed E-state index contributed by atoms with van der Waals surface area (Å²) >= 11 is 0. The molecule has 11 rings (SSSR count). The number of aryl methyl sites for hydroxylation is 1. The van der Waals surface area contributed by atoms with Gasteiger partial charge in [-0.3, -0.25) is 28.9 Å². The molecule has 11 nitrogen and oxygen atoms in total. The van der Waals surface area contributed by atoms with Crippen molar-refractivity contribution < 1.29 is 24.6 Å². The zero-order valence-corrected chi connectivity index (χ0v) is 34.9. The van der Waals surface area contributed by atoms with E-state index in [4.69, 9.17) is 0 Å². The summed E-state index contributed by atoms with van der Waals surface area (Å²) in [5.41, 5.74) is 5.33. The molecule has 0 saturated carbocycles. The number of nitrogens with zero attached hydrogens (tertiary/aromatic N) is 6. The first-order chi connectivity index (χ1) is 31.2. The molecule has 1 aromatic heterocycles. The third kappa shape index (κ3) is 6.07. The number of aromatic nitrogens is 3. The molecule has 4 heterocycles. The number of anilines is 5. The van der Waals surface area contributed by atoms with Crippen molar-refractivity contribution in [3.8, 4) is 0 Å². The van der Waals surface area contributed by atoms with Crippen LogP contribution >= 0.6 is 0 Å². The number of rotatable bonds is 12. The van der Waals surface area contributed by atoms with Crippen LogP contribution in [0.1, 0.15) is 62.4 Å². The van der Waals surface area contributed by atoms with Gasteiger partial charge in [-0.15, -0.1) is 5.10 Å². The predicted octanol–water partition coefficient (Wildman–Crippen LogP) is 9.31. The zero-order valence-electron chi connectivity index (χ0n) is 34.9. The van der Waals surface area contributed by atoms with Crippen molar-refractivity contribution in [2.45, 2.75) is 38.0 Å². The van der Waals surface area contributed by atoms with E-state index in [0.29, 0.717) is 52.4 Å². The normalized spacial score (nSPS) is 17.4. The van der Waals surface area contributed by atoms with Gasteiger partial charge in [0.2, 0.25) is 0 Å². The van der Waals surface area contributed by atoms with Crippen LogP contribution in [0.2, 0.25) is 0 Å². The van der Waals surface area contributed by atoms with Crippen LogP contribution in [0.15, 0.2) is 164 Å². The van der Waals surface area contributed by atoms with Gasteiger partial charge >= 0.3 is 0 Å². The highest BCUT2D eigenvalue weighted by Gasteiger charge is 2.53. The highest BCUT2D eigenvalue weighted by atomic mass is 16.3. The van der Waals surface area contributed by atoms with E-state index < -0.39 is 17.4 Å². The van der Waals surface area contributed by atoms with Crippen LogP contribution < -0.4 is 14.7 Å². The van der Waals surface area contributed by atoms with E-state index >= 15 is 0 Å². The van der Waals surface area contributed by atoms with Gasteiger partial charge in [-0.05, 0) is 82.9 Å². The number of carbonyl (C=O) groups excluding carboxylic acids is 3. The van der Waals surface area contributed by atoms with Crippen LogP contribution in [0.4, 0.5) is 28.4 Å². The Labute approximate surface area is 368 Å². The summed E-state index contributed by atoms with van der Waals surface area (Å²) in [7, 11) is 0. The van der Waals surface area contributed by atoms with Gasteiger partial charge in [-0.1, -0.05) is 115 Å². The summed E-state index contributed by atoms with van der Waals surface area (Å²) in [6, 6.07) is 45.9. The molecule has 2 N–H and O–H groups in total.